The highest BCUT2D eigenvalue weighted by Crippen LogP contribution is 2.14. The molecular weight excluding hydrogens is 754 g/mol. The number of carboxylic acids is 1. The van der Waals surface area contributed by atoms with Gasteiger partial charge in [-0.3, -0.25) is 29.0 Å². The van der Waals surface area contributed by atoms with Crippen molar-refractivity contribution < 1.29 is 38.4 Å². The van der Waals surface area contributed by atoms with Gasteiger partial charge in [0.1, 0.15) is 11.8 Å². The Balaban J connectivity index is 0.987. The number of benzene rings is 1. The van der Waals surface area contributed by atoms with Gasteiger partial charge < -0.3 is 40.4 Å². The third-order valence-corrected chi connectivity index (χ3v) is 9.27. The minimum Gasteiger partial charge on any atom is -0.480 e. The summed E-state index contributed by atoms with van der Waals surface area (Å²) in [6, 6.07) is 5.12. The number of nitrogens with two attached hydrogens (primary N) is 1. The van der Waals surface area contributed by atoms with E-state index in [1.54, 1.807) is 19.2 Å². The molecule has 2 aromatic heterocycles. The molecule has 0 aliphatic rings. The Morgan fingerprint density at radius 3 is 2.02 bits per heavy atom. The summed E-state index contributed by atoms with van der Waals surface area (Å²) < 4.78 is 21.7. The highest BCUT2D eigenvalue weighted by Gasteiger charge is 2.22. The predicted octanol–water partition coefficient (Wildman–Crippen LogP) is 2.25. The van der Waals surface area contributed by atoms with Gasteiger partial charge in [0.25, 0.3) is 11.5 Å². The maximum absolute atomic E-state index is 12.8. The maximum Gasteiger partial charge on any atom is 0.326 e. The molecule has 0 saturated carbocycles. The maximum atomic E-state index is 12.8. The number of nitrogens with one attached hydrogen (secondary N) is 3. The molecule has 58 heavy (non-hydrogen) atoms. The zero-order valence-corrected chi connectivity index (χ0v) is 32.8. The summed E-state index contributed by atoms with van der Waals surface area (Å²) >= 11 is 0. The molecule has 1 atom stereocenters. The summed E-state index contributed by atoms with van der Waals surface area (Å²) in [4.78, 5) is 87.6. The molecule has 18 nitrogen and oxygen atoms in total. The average molecular weight is 808 g/mol. The van der Waals surface area contributed by atoms with Crippen LogP contribution in [0.15, 0.2) is 44.8 Å². The zero-order chi connectivity index (χ0) is 41.7. The molecule has 2 heterocycles. The Morgan fingerprint density at radius 1 is 0.793 bits per heavy atom. The van der Waals surface area contributed by atoms with Crippen LogP contribution in [0, 0.1) is 0 Å². The quantitative estimate of drug-likeness (QED) is 0.0374. The van der Waals surface area contributed by atoms with Gasteiger partial charge in [0.05, 0.1) is 44.9 Å². The second-order valence-electron chi connectivity index (χ2n) is 13.7. The molecule has 1 amide bonds. The van der Waals surface area contributed by atoms with E-state index in [1.807, 2.05) is 0 Å². The lowest BCUT2D eigenvalue weighted by Gasteiger charge is -2.14. The van der Waals surface area contributed by atoms with Gasteiger partial charge in [-0.1, -0.05) is 0 Å². The molecular formula is C40H53N7O11. The van der Waals surface area contributed by atoms with Crippen LogP contribution in [-0.2, 0) is 47.9 Å². The third-order valence-electron chi connectivity index (χ3n) is 9.27. The molecule has 0 unspecified atom stereocenters. The molecule has 0 bridgehead atoms. The van der Waals surface area contributed by atoms with Crippen molar-refractivity contribution in [3.8, 4) is 0 Å². The number of carboxylic acid groups (broad SMARTS) is 1. The number of H-pyrrole nitrogens is 1. The molecule has 4 aromatic rings. The number of methoxy groups -OCH3 is 1. The predicted molar refractivity (Wildman–Crippen MR) is 215 cm³/mol. The number of Topliss-reactive ketones (excluding diaryl/α,β-unsaturated/α-hetero) is 1. The smallest absolute Gasteiger partial charge is 0.326 e. The number of carbonyl (C=O) groups excluding carboxylic acids is 2. The highest BCUT2D eigenvalue weighted by atomic mass is 16.5. The molecule has 2 aromatic carbocycles. The van der Waals surface area contributed by atoms with Gasteiger partial charge in [0, 0.05) is 62.1 Å². The van der Waals surface area contributed by atoms with E-state index in [0.29, 0.717) is 94.4 Å². The van der Waals surface area contributed by atoms with Crippen LogP contribution in [0.25, 0.3) is 11.2 Å². The number of anilines is 2. The summed E-state index contributed by atoms with van der Waals surface area (Å²) in [5, 5.41) is 15.3. The molecule has 0 radical (unpaired) electrons. The average Bonchev–Trinajstić information content (AvgIpc) is 3.21. The molecule has 314 valence electrons. The van der Waals surface area contributed by atoms with Gasteiger partial charge >= 0.3 is 5.97 Å². The standard InChI is InChI=1S/C40H53N7O11/c1-55-17-5-3-9-30-31(35(50)34(30)49)10-4-7-19-57-21-23-58-22-20-56-18-6-2-8-29(48)15-16-32(39(53)54)45-37(51)26-11-13-27(14-12-26)42-24-28-25-43-36-33(44-28)38(52)47-40(41)46-36/h11-14,25,32,42H,2-10,15-24H2,1H3,(H,45,51)(H,53,54)(H3,41,43,46,47,52)/t32-/m0/s1. The van der Waals surface area contributed by atoms with E-state index in [0.717, 1.165) is 25.7 Å². The van der Waals surface area contributed by atoms with Crippen LogP contribution in [0.4, 0.5) is 11.6 Å². The zero-order valence-electron chi connectivity index (χ0n) is 32.8. The number of fused-ring (bicyclic) bond motifs is 1. The van der Waals surface area contributed by atoms with E-state index in [-0.39, 0.29) is 65.1 Å². The number of aliphatic carboxylic acids is 1. The number of carbonyl (C=O) groups is 3. The number of rotatable bonds is 30. The molecule has 6 N–H and O–H groups in total. The van der Waals surface area contributed by atoms with Crippen molar-refractivity contribution in [3.05, 3.63) is 83.6 Å². The molecule has 0 saturated heterocycles. The third kappa shape index (κ3) is 14.8. The highest BCUT2D eigenvalue weighted by molar-refractivity contribution is 5.97. The fraction of sp³-hybridized carbons (Fsp3) is 0.525. The number of aromatic nitrogens is 4. The van der Waals surface area contributed by atoms with Gasteiger partial charge in [-0.25, -0.2) is 14.8 Å². The molecule has 0 fully saturated rings. The van der Waals surface area contributed by atoms with Crippen LogP contribution in [0.2, 0.25) is 0 Å². The van der Waals surface area contributed by atoms with Gasteiger partial charge in [0.15, 0.2) is 11.2 Å². The van der Waals surface area contributed by atoms with E-state index in [4.69, 9.17) is 24.7 Å². The van der Waals surface area contributed by atoms with Crippen molar-refractivity contribution in [1.82, 2.24) is 25.3 Å². The van der Waals surface area contributed by atoms with Crippen LogP contribution in [0.5, 0.6) is 0 Å². The van der Waals surface area contributed by atoms with Crippen LogP contribution in [-0.4, -0.2) is 102 Å². The first-order chi connectivity index (χ1) is 28.1. The topological polar surface area (TPSA) is 264 Å². The number of nitrogens with zero attached hydrogens (tertiary/aromatic N) is 3. The number of amides is 1. The lowest BCUT2D eigenvalue weighted by molar-refractivity contribution is -0.139. The number of ether oxygens (including phenoxy) is 4. The van der Waals surface area contributed by atoms with E-state index in [1.165, 1.54) is 18.3 Å². The largest absolute Gasteiger partial charge is 0.480 e. The fourth-order valence-electron chi connectivity index (χ4n) is 6.05. The summed E-state index contributed by atoms with van der Waals surface area (Å²) in [7, 11) is 1.64. The number of hydrogen-bond acceptors (Lipinski definition) is 15. The Kier molecular flexibility index (Phi) is 19.0. The fourth-order valence-corrected chi connectivity index (χ4v) is 6.05. The van der Waals surface area contributed by atoms with Crippen LogP contribution in [0.1, 0.15) is 85.0 Å². The van der Waals surface area contributed by atoms with Crippen molar-refractivity contribution in [2.75, 3.05) is 64.4 Å². The second-order valence-corrected chi connectivity index (χ2v) is 13.7. The number of ketones is 1. The van der Waals surface area contributed by atoms with Crippen LogP contribution < -0.4 is 32.8 Å². The molecule has 4 rings (SSSR count). The van der Waals surface area contributed by atoms with Gasteiger partial charge in [0.2, 0.25) is 16.8 Å². The molecule has 0 aliphatic heterocycles. The van der Waals surface area contributed by atoms with E-state index >= 15 is 0 Å². The minimum absolute atomic E-state index is 0.0131. The van der Waals surface area contributed by atoms with Crippen molar-refractivity contribution in [2.45, 2.75) is 83.2 Å². The number of aromatic amines is 1. The lowest BCUT2D eigenvalue weighted by Crippen LogP contribution is -2.41. The Bertz CT molecular complexity index is 2060. The summed E-state index contributed by atoms with van der Waals surface area (Å²) in [5.74, 6) is -1.97. The van der Waals surface area contributed by atoms with Crippen molar-refractivity contribution in [2.24, 2.45) is 0 Å². The first-order valence-electron chi connectivity index (χ1n) is 19.5. The monoisotopic (exact) mass is 807 g/mol. The molecule has 18 heteroatoms. The first-order valence-corrected chi connectivity index (χ1v) is 19.5. The second kappa shape index (κ2) is 24.4. The SMILES string of the molecule is COCCCCc1c(CCCCOCCOCCOCCCCC(=O)CC[C@H](NC(=O)c2ccc(NCc3cnc4nc(N)[nH]c(=O)c4n3)cc2)C(=O)O)c(=O)c1=O. The Labute approximate surface area is 335 Å². The minimum atomic E-state index is -1.23. The number of unbranched alkanes of at least 4 members (excludes halogenated alkanes) is 3. The van der Waals surface area contributed by atoms with Crippen molar-refractivity contribution in [3.63, 3.8) is 0 Å². The summed E-state index contributed by atoms with van der Waals surface area (Å²) in [5.41, 5.74) is 7.28. The van der Waals surface area contributed by atoms with Crippen molar-refractivity contribution >= 4 is 40.5 Å². The van der Waals surface area contributed by atoms with Crippen LogP contribution >= 0.6 is 0 Å². The summed E-state index contributed by atoms with van der Waals surface area (Å²) in [6.07, 6.45) is 7.48. The molecule has 0 spiro atoms. The van der Waals surface area contributed by atoms with E-state index in [9.17, 15) is 33.9 Å². The van der Waals surface area contributed by atoms with Gasteiger partial charge in [-0.05, 0) is 82.1 Å². The summed E-state index contributed by atoms with van der Waals surface area (Å²) in [6.45, 7) is 3.56. The number of hydrogen-bond donors (Lipinski definition) is 5. The van der Waals surface area contributed by atoms with Crippen molar-refractivity contribution in [1.29, 1.82) is 0 Å². The molecule has 0 aliphatic carbocycles. The van der Waals surface area contributed by atoms with Gasteiger partial charge in [-0.2, -0.15) is 4.98 Å². The Hall–Kier alpha value is -5.43. The number of nitrogen functional groups attached to an aromatic ring is 1. The van der Waals surface area contributed by atoms with E-state index in [2.05, 4.69) is 30.6 Å². The van der Waals surface area contributed by atoms with Gasteiger partial charge in [-0.15, -0.1) is 0 Å². The lowest BCUT2D eigenvalue weighted by atomic mass is 9.92. The van der Waals surface area contributed by atoms with E-state index < -0.39 is 23.5 Å². The first kappa shape index (κ1) is 45.3. The van der Waals surface area contributed by atoms with Crippen LogP contribution in [0.3, 0.4) is 0 Å². The normalized spacial score (nSPS) is 11.9. The Morgan fingerprint density at radius 2 is 1.40 bits per heavy atom.